The zero-order valence-corrected chi connectivity index (χ0v) is 19.4. The highest BCUT2D eigenvalue weighted by Gasteiger charge is 2.12. The number of aromatic nitrogens is 1. The number of hydrogen-bond acceptors (Lipinski definition) is 0. The average molecular weight is 462 g/mol. The van der Waals surface area contributed by atoms with Gasteiger partial charge in [-0.15, -0.1) is 0 Å². The Balaban J connectivity index is 1.40. The van der Waals surface area contributed by atoms with Gasteiger partial charge in [-0.25, -0.2) is 4.39 Å². The van der Waals surface area contributed by atoms with Crippen molar-refractivity contribution in [3.8, 4) is 40.6 Å². The first-order valence-electron chi connectivity index (χ1n) is 11.7. The molecule has 0 aliphatic heterocycles. The molecule has 0 amide bonds. The first-order chi connectivity index (χ1) is 17.7. The van der Waals surface area contributed by atoms with Gasteiger partial charge in [-0.3, -0.25) is 0 Å². The molecule has 0 bridgehead atoms. The third-order valence-electron chi connectivity index (χ3n) is 6.22. The molecule has 0 spiro atoms. The summed E-state index contributed by atoms with van der Waals surface area (Å²) in [5.41, 5.74) is 4.61. The Hall–Kier alpha value is -5.05. The summed E-state index contributed by atoms with van der Waals surface area (Å²) in [4.78, 5) is 0. The monoisotopic (exact) mass is 461 g/mol. The third-order valence-corrected chi connectivity index (χ3v) is 6.22. The van der Waals surface area contributed by atoms with Crippen LogP contribution < -0.4 is 0 Å². The molecule has 36 heavy (non-hydrogen) atoms. The van der Waals surface area contributed by atoms with Gasteiger partial charge >= 0.3 is 0 Å². The maximum absolute atomic E-state index is 13.7. The molecule has 0 atom stereocenters. The van der Waals surface area contributed by atoms with E-state index in [9.17, 15) is 4.39 Å². The van der Waals surface area contributed by atoms with Crippen molar-refractivity contribution in [1.82, 2.24) is 4.57 Å². The van der Waals surface area contributed by atoms with Gasteiger partial charge in [0.25, 0.3) is 0 Å². The Morgan fingerprint density at radius 2 is 1.17 bits per heavy atom. The summed E-state index contributed by atoms with van der Waals surface area (Å²) < 4.78 is 15.7. The lowest BCUT2D eigenvalue weighted by Crippen LogP contribution is -2.00. The molecule has 6 aromatic rings. The van der Waals surface area contributed by atoms with Crippen molar-refractivity contribution < 1.29 is 4.39 Å². The molecular weight excluding hydrogens is 441 g/mol. The van der Waals surface area contributed by atoms with Crippen LogP contribution >= 0.6 is 0 Å². The van der Waals surface area contributed by atoms with Gasteiger partial charge in [0, 0.05) is 11.3 Å². The fourth-order valence-corrected chi connectivity index (χ4v) is 4.44. The summed E-state index contributed by atoms with van der Waals surface area (Å²) in [6.45, 7) is 0. The van der Waals surface area contributed by atoms with Crippen LogP contribution in [0.2, 0.25) is 0 Å². The number of halogens is 1. The Morgan fingerprint density at radius 3 is 1.92 bits per heavy atom. The van der Waals surface area contributed by atoms with Gasteiger partial charge in [-0.05, 0) is 99.5 Å². The van der Waals surface area contributed by atoms with Gasteiger partial charge in [-0.1, -0.05) is 72.7 Å². The maximum atomic E-state index is 13.7. The van der Waals surface area contributed by atoms with Crippen molar-refractivity contribution in [3.05, 3.63) is 138 Å². The molecule has 0 fully saturated rings. The van der Waals surface area contributed by atoms with Crippen LogP contribution in [-0.4, -0.2) is 4.57 Å². The van der Waals surface area contributed by atoms with Crippen molar-refractivity contribution in [2.24, 2.45) is 0 Å². The average Bonchev–Trinajstić information content (AvgIpc) is 3.35. The third kappa shape index (κ3) is 4.25. The molecule has 6 rings (SSSR count). The molecule has 2 heteroatoms. The molecule has 1 nitrogen and oxygen atoms in total. The fourth-order valence-electron chi connectivity index (χ4n) is 4.44. The quantitative estimate of drug-likeness (QED) is 0.230. The Bertz CT molecular complexity index is 1850. The van der Waals surface area contributed by atoms with Crippen molar-refractivity contribution in [1.29, 1.82) is 0 Å². The van der Waals surface area contributed by atoms with E-state index in [1.807, 2.05) is 47.0 Å². The fraction of sp³-hybridized carbons (Fsp3) is 0. The Kier molecular flexibility index (Phi) is 5.55. The van der Waals surface area contributed by atoms with E-state index in [4.69, 9.17) is 0 Å². The van der Waals surface area contributed by atoms with Crippen LogP contribution in [0.4, 0.5) is 4.39 Å². The van der Waals surface area contributed by atoms with Gasteiger partial charge in [0.05, 0.1) is 11.4 Å². The van der Waals surface area contributed by atoms with Gasteiger partial charge < -0.3 is 4.57 Å². The van der Waals surface area contributed by atoms with E-state index < -0.39 is 0 Å². The predicted molar refractivity (Wildman–Crippen MR) is 146 cm³/mol. The maximum Gasteiger partial charge on any atom is 0.123 e. The van der Waals surface area contributed by atoms with Gasteiger partial charge in [0.2, 0.25) is 0 Å². The standard InChI is InChI=1S/C34H20FN/c35-31-17-19-33(20-18-31)36-32(12-6-1-7-25-13-14-26-8-2-4-10-28(26)23-25)21-22-34(36)30-16-15-27-9-3-5-11-29(27)24-30/h2-5,8-11,13-24H. The lowest BCUT2D eigenvalue weighted by molar-refractivity contribution is 0.627. The first-order valence-corrected chi connectivity index (χ1v) is 11.7. The lowest BCUT2D eigenvalue weighted by Gasteiger charge is -2.12. The molecule has 5 aromatic carbocycles. The minimum Gasteiger partial charge on any atom is -0.303 e. The van der Waals surface area contributed by atoms with Crippen LogP contribution in [0.25, 0.3) is 38.5 Å². The second-order valence-corrected chi connectivity index (χ2v) is 8.54. The normalized spacial score (nSPS) is 10.5. The highest BCUT2D eigenvalue weighted by molar-refractivity contribution is 5.87. The van der Waals surface area contributed by atoms with E-state index >= 15 is 0 Å². The molecule has 1 aromatic heterocycles. The summed E-state index contributed by atoms with van der Waals surface area (Å²) in [6.07, 6.45) is 0. The number of hydrogen-bond donors (Lipinski definition) is 0. The van der Waals surface area contributed by atoms with Crippen LogP contribution in [-0.2, 0) is 0 Å². The van der Waals surface area contributed by atoms with E-state index in [1.54, 1.807) is 12.1 Å². The minimum absolute atomic E-state index is 0.271. The molecule has 0 aliphatic rings. The SMILES string of the molecule is Fc1ccc(-n2c(C#CC#Cc3ccc4ccccc4c3)ccc2-c2ccc3ccccc3c2)cc1. The van der Waals surface area contributed by atoms with Crippen LogP contribution in [0.3, 0.4) is 0 Å². The van der Waals surface area contributed by atoms with E-state index in [0.29, 0.717) is 0 Å². The van der Waals surface area contributed by atoms with Crippen molar-refractivity contribution in [2.75, 3.05) is 0 Å². The van der Waals surface area contributed by atoms with E-state index in [0.717, 1.165) is 39.0 Å². The largest absolute Gasteiger partial charge is 0.303 e. The number of benzene rings is 5. The summed E-state index contributed by atoms with van der Waals surface area (Å²) in [5.74, 6) is 12.1. The van der Waals surface area contributed by atoms with E-state index in [2.05, 4.69) is 78.3 Å². The van der Waals surface area contributed by atoms with Gasteiger partial charge in [0.15, 0.2) is 0 Å². The predicted octanol–water partition coefficient (Wildman–Crippen LogP) is 7.99. The first kappa shape index (κ1) is 21.5. The van der Waals surface area contributed by atoms with Crippen LogP contribution in [0, 0.1) is 29.5 Å². The van der Waals surface area contributed by atoms with E-state index in [1.165, 1.54) is 22.9 Å². The van der Waals surface area contributed by atoms with Gasteiger partial charge in [0.1, 0.15) is 5.82 Å². The zero-order valence-electron chi connectivity index (χ0n) is 19.4. The number of nitrogens with zero attached hydrogens (tertiary/aromatic N) is 1. The Labute approximate surface area is 209 Å². The lowest BCUT2D eigenvalue weighted by atomic mass is 10.1. The number of rotatable bonds is 2. The molecule has 0 saturated carbocycles. The molecule has 0 N–H and O–H groups in total. The second-order valence-electron chi connectivity index (χ2n) is 8.54. The Morgan fingerprint density at radius 1 is 0.528 bits per heavy atom. The summed E-state index contributed by atoms with van der Waals surface area (Å²) in [7, 11) is 0. The zero-order chi connectivity index (χ0) is 24.3. The molecule has 0 unspecified atom stereocenters. The van der Waals surface area contributed by atoms with Crippen LogP contribution in [0.5, 0.6) is 0 Å². The second kappa shape index (κ2) is 9.30. The minimum atomic E-state index is -0.271. The van der Waals surface area contributed by atoms with Crippen LogP contribution in [0.1, 0.15) is 11.3 Å². The topological polar surface area (TPSA) is 4.93 Å². The molecule has 1 heterocycles. The van der Waals surface area contributed by atoms with E-state index in [-0.39, 0.29) is 5.82 Å². The number of fused-ring (bicyclic) bond motifs is 2. The van der Waals surface area contributed by atoms with Crippen molar-refractivity contribution in [2.45, 2.75) is 0 Å². The van der Waals surface area contributed by atoms with Crippen molar-refractivity contribution in [3.63, 3.8) is 0 Å². The highest BCUT2D eigenvalue weighted by atomic mass is 19.1. The molecule has 0 saturated heterocycles. The summed E-state index contributed by atoms with van der Waals surface area (Å²) >= 11 is 0. The molecular formula is C34H20FN. The van der Waals surface area contributed by atoms with Crippen molar-refractivity contribution >= 4 is 21.5 Å². The highest BCUT2D eigenvalue weighted by Crippen LogP contribution is 2.29. The smallest absolute Gasteiger partial charge is 0.123 e. The molecule has 0 aliphatic carbocycles. The summed E-state index contributed by atoms with van der Waals surface area (Å²) in [5, 5.41) is 4.69. The van der Waals surface area contributed by atoms with Crippen LogP contribution in [0.15, 0.2) is 121 Å². The molecule has 0 radical (unpaired) electrons. The summed E-state index contributed by atoms with van der Waals surface area (Å²) in [6, 6.07) is 39.6. The van der Waals surface area contributed by atoms with Gasteiger partial charge in [-0.2, -0.15) is 0 Å². The molecule has 168 valence electrons.